The van der Waals surface area contributed by atoms with Crippen molar-refractivity contribution in [3.05, 3.63) is 120 Å². The van der Waals surface area contributed by atoms with Crippen LogP contribution in [0.2, 0.25) is 0 Å². The molecule has 0 aliphatic carbocycles. The van der Waals surface area contributed by atoms with Crippen molar-refractivity contribution >= 4 is 28.9 Å². The highest BCUT2D eigenvalue weighted by Gasteiger charge is 2.51. The van der Waals surface area contributed by atoms with E-state index in [-0.39, 0.29) is 18.1 Å². The van der Waals surface area contributed by atoms with E-state index >= 15 is 0 Å². The number of carbonyl (C=O) groups excluding carboxylic acids is 2. The van der Waals surface area contributed by atoms with Crippen LogP contribution in [0.5, 0.6) is 0 Å². The van der Waals surface area contributed by atoms with Gasteiger partial charge in [0.15, 0.2) is 35.4 Å². The number of ether oxygens (including phenoxy) is 4. The fourth-order valence-electron chi connectivity index (χ4n) is 5.28. The molecule has 0 bridgehead atoms. The average molecular weight is 619 g/mol. The summed E-state index contributed by atoms with van der Waals surface area (Å²) in [7, 11) is 1.49. The highest BCUT2D eigenvalue weighted by atomic mass is 16.7. The quantitative estimate of drug-likeness (QED) is 0.211. The molecule has 1 aliphatic heterocycles. The van der Waals surface area contributed by atoms with Gasteiger partial charge in [0.1, 0.15) is 12.2 Å². The first kappa shape index (κ1) is 30.4. The third-order valence-electron chi connectivity index (χ3n) is 7.47. The molecule has 0 amide bonds. The van der Waals surface area contributed by atoms with Gasteiger partial charge in [-0.05, 0) is 36.2 Å². The summed E-state index contributed by atoms with van der Waals surface area (Å²) in [5, 5.41) is 13.0. The summed E-state index contributed by atoms with van der Waals surface area (Å²) >= 11 is 0. The monoisotopic (exact) mass is 618 g/mol. The number of benzene rings is 3. The van der Waals surface area contributed by atoms with Crippen molar-refractivity contribution in [2.45, 2.75) is 31.0 Å². The molecule has 4 atom stereocenters. The predicted molar refractivity (Wildman–Crippen MR) is 166 cm³/mol. The van der Waals surface area contributed by atoms with Crippen LogP contribution >= 0.6 is 0 Å². The normalized spacial score (nSPS) is 19.0. The van der Waals surface area contributed by atoms with Crippen LogP contribution in [0.1, 0.15) is 38.3 Å². The Balaban J connectivity index is 1.36. The second-order valence-electron chi connectivity index (χ2n) is 10.5. The van der Waals surface area contributed by atoms with Crippen molar-refractivity contribution in [2.75, 3.05) is 25.6 Å². The number of imidazole rings is 1. The van der Waals surface area contributed by atoms with Gasteiger partial charge in [0.2, 0.25) is 5.82 Å². The van der Waals surface area contributed by atoms with E-state index < -0.39 is 36.5 Å². The number of nitriles is 1. The Kier molecular flexibility index (Phi) is 9.24. The summed E-state index contributed by atoms with van der Waals surface area (Å²) in [5.74, 6) is -0.982. The maximum absolute atomic E-state index is 13.4. The molecule has 0 radical (unpaired) electrons. The van der Waals surface area contributed by atoms with Gasteiger partial charge in [-0.1, -0.05) is 66.7 Å². The third kappa shape index (κ3) is 6.56. The van der Waals surface area contributed by atoms with Crippen molar-refractivity contribution in [3.63, 3.8) is 0 Å². The molecule has 6 rings (SSSR count). The van der Waals surface area contributed by atoms with E-state index in [4.69, 9.17) is 18.9 Å². The zero-order chi connectivity index (χ0) is 31.9. The Morgan fingerprint density at radius 1 is 0.891 bits per heavy atom. The minimum atomic E-state index is -1.15. The van der Waals surface area contributed by atoms with Crippen LogP contribution in [-0.2, 0) is 25.4 Å². The number of methoxy groups -OCH3 is 1. The van der Waals surface area contributed by atoms with Gasteiger partial charge < -0.3 is 24.3 Å². The fourth-order valence-corrected chi connectivity index (χ4v) is 5.28. The Morgan fingerprint density at radius 2 is 1.50 bits per heavy atom. The van der Waals surface area contributed by atoms with Crippen LogP contribution in [0, 0.1) is 11.3 Å². The number of anilines is 1. The maximum atomic E-state index is 13.4. The minimum absolute atomic E-state index is 0.0278. The summed E-state index contributed by atoms with van der Waals surface area (Å²) in [6.07, 6.45) is -1.90. The van der Waals surface area contributed by atoms with Crippen molar-refractivity contribution in [3.8, 4) is 6.07 Å². The molecule has 12 nitrogen and oxygen atoms in total. The van der Waals surface area contributed by atoms with Gasteiger partial charge in [0.25, 0.3) is 0 Å². The van der Waals surface area contributed by atoms with Gasteiger partial charge in [0.05, 0.1) is 24.1 Å². The second-order valence-corrected chi connectivity index (χ2v) is 10.5. The SMILES string of the molecule is COCC1OC(n2cnc3c(NCCc4ccccc4)nc(C#N)nc32)C(OC(=O)c2ccccc2)C1OC(=O)c1ccccc1. The van der Waals surface area contributed by atoms with E-state index in [0.717, 1.165) is 5.56 Å². The van der Waals surface area contributed by atoms with E-state index in [1.54, 1.807) is 65.2 Å². The van der Waals surface area contributed by atoms with Gasteiger partial charge in [-0.25, -0.2) is 14.6 Å². The number of carbonyl (C=O) groups is 2. The molecule has 3 heterocycles. The zero-order valence-electron chi connectivity index (χ0n) is 24.9. The summed E-state index contributed by atoms with van der Waals surface area (Å²) in [6, 6.07) is 28.9. The highest BCUT2D eigenvalue weighted by Crippen LogP contribution is 2.37. The van der Waals surface area contributed by atoms with E-state index in [2.05, 4.69) is 20.3 Å². The van der Waals surface area contributed by atoms with Gasteiger partial charge >= 0.3 is 11.9 Å². The first-order valence-electron chi connectivity index (χ1n) is 14.6. The molecule has 1 fully saturated rings. The number of hydrogen-bond acceptors (Lipinski definition) is 11. The molecule has 5 aromatic rings. The van der Waals surface area contributed by atoms with Crippen molar-refractivity contribution < 1.29 is 28.5 Å². The molecule has 1 saturated heterocycles. The molecule has 1 aliphatic rings. The van der Waals surface area contributed by atoms with Gasteiger partial charge in [-0.2, -0.15) is 15.2 Å². The molecule has 1 N–H and O–H groups in total. The molecule has 3 aromatic carbocycles. The van der Waals surface area contributed by atoms with Gasteiger partial charge in [-0.3, -0.25) is 4.57 Å². The molecule has 4 unspecified atom stereocenters. The Morgan fingerprint density at radius 3 is 2.11 bits per heavy atom. The number of hydrogen-bond donors (Lipinski definition) is 1. The zero-order valence-corrected chi connectivity index (χ0v) is 24.9. The lowest BCUT2D eigenvalue weighted by molar-refractivity contribution is -0.0622. The second kappa shape index (κ2) is 14.0. The molecular weight excluding hydrogens is 588 g/mol. The van der Waals surface area contributed by atoms with Crippen molar-refractivity contribution in [2.24, 2.45) is 0 Å². The molecule has 0 spiro atoms. The molecule has 232 valence electrons. The third-order valence-corrected chi connectivity index (χ3v) is 7.47. The van der Waals surface area contributed by atoms with Crippen molar-refractivity contribution in [1.29, 1.82) is 5.26 Å². The number of fused-ring (bicyclic) bond motifs is 1. The fraction of sp³-hybridized carbons (Fsp3) is 0.235. The van der Waals surface area contributed by atoms with Gasteiger partial charge in [-0.15, -0.1) is 0 Å². The lowest BCUT2D eigenvalue weighted by Crippen LogP contribution is -2.41. The lowest BCUT2D eigenvalue weighted by atomic mass is 10.1. The Hall–Kier alpha value is -5.64. The van der Waals surface area contributed by atoms with Crippen LogP contribution in [0.4, 0.5) is 5.82 Å². The topological polar surface area (TPSA) is 150 Å². The number of aromatic nitrogens is 4. The summed E-state index contributed by atoms with van der Waals surface area (Å²) in [6.45, 7) is 0.554. The largest absolute Gasteiger partial charge is 0.452 e. The van der Waals surface area contributed by atoms with Crippen molar-refractivity contribution in [1.82, 2.24) is 19.5 Å². The Labute approximate surface area is 264 Å². The summed E-state index contributed by atoms with van der Waals surface area (Å²) in [4.78, 5) is 40.0. The smallest absolute Gasteiger partial charge is 0.338 e. The predicted octanol–water partition coefficient (Wildman–Crippen LogP) is 4.35. The molecule has 12 heteroatoms. The lowest BCUT2D eigenvalue weighted by Gasteiger charge is -2.25. The summed E-state index contributed by atoms with van der Waals surface area (Å²) < 4.78 is 25.4. The van der Waals surface area contributed by atoms with E-state index in [1.807, 2.05) is 36.4 Å². The summed E-state index contributed by atoms with van der Waals surface area (Å²) in [5.41, 5.74) is 2.41. The van der Waals surface area contributed by atoms with E-state index in [0.29, 0.717) is 35.4 Å². The number of rotatable bonds is 11. The number of nitrogens with zero attached hydrogens (tertiary/aromatic N) is 5. The van der Waals surface area contributed by atoms with Crippen LogP contribution in [0.15, 0.2) is 97.3 Å². The molecule has 46 heavy (non-hydrogen) atoms. The number of esters is 2. The number of nitrogens with one attached hydrogen (secondary N) is 1. The van der Waals surface area contributed by atoms with Gasteiger partial charge in [0, 0.05) is 13.7 Å². The van der Waals surface area contributed by atoms with Crippen LogP contribution in [-0.4, -0.2) is 70.0 Å². The first-order chi connectivity index (χ1) is 22.6. The average Bonchev–Trinajstić information content (AvgIpc) is 3.67. The van der Waals surface area contributed by atoms with E-state index in [9.17, 15) is 14.9 Å². The molecule has 0 saturated carbocycles. The minimum Gasteiger partial charge on any atom is -0.452 e. The van der Waals surface area contributed by atoms with Crippen LogP contribution in [0.3, 0.4) is 0 Å². The molecular formula is C34H30N6O6. The first-order valence-corrected chi connectivity index (χ1v) is 14.6. The maximum Gasteiger partial charge on any atom is 0.338 e. The van der Waals surface area contributed by atoms with E-state index in [1.165, 1.54) is 13.4 Å². The Bertz CT molecular complexity index is 1840. The highest BCUT2D eigenvalue weighted by molar-refractivity contribution is 5.90. The molecule has 2 aromatic heterocycles. The standard InChI is InChI=1S/C34H30N6O6/c1-43-20-25-28(45-33(41)23-13-7-3-8-14-23)29(46-34(42)24-15-9-4-10-16-24)32(44-25)40-21-37-27-30(38-26(19-35)39-31(27)40)36-18-17-22-11-5-2-6-12-22/h2-16,21,25,28-29,32H,17-18,20H2,1H3,(H,36,38,39). The van der Waals surface area contributed by atoms with Crippen LogP contribution < -0.4 is 5.32 Å². The van der Waals surface area contributed by atoms with Crippen LogP contribution in [0.25, 0.3) is 11.2 Å².